The molecule has 0 radical (unpaired) electrons. The highest BCUT2D eigenvalue weighted by molar-refractivity contribution is 5.17. The van der Waals surface area contributed by atoms with Crippen molar-refractivity contribution in [3.8, 4) is 0 Å². The summed E-state index contributed by atoms with van der Waals surface area (Å²) in [6, 6.07) is 0. The third-order valence-corrected chi connectivity index (χ3v) is 0.960. The molecule has 0 fully saturated rings. The summed E-state index contributed by atoms with van der Waals surface area (Å²) >= 11 is 0. The van der Waals surface area contributed by atoms with E-state index in [0.29, 0.717) is 0 Å². The minimum Gasteiger partial charge on any atom is -0.479 e. The fourth-order valence-electron chi connectivity index (χ4n) is 0.517. The van der Waals surface area contributed by atoms with Crippen LogP contribution in [0.2, 0.25) is 0 Å². The molecule has 8 heavy (non-hydrogen) atoms. The Hall–Kier alpha value is -0.760. The van der Waals surface area contributed by atoms with Crippen molar-refractivity contribution in [3.05, 3.63) is 24.0 Å². The molecule has 2 N–H and O–H groups in total. The van der Waals surface area contributed by atoms with Crippen molar-refractivity contribution in [1.29, 1.82) is 0 Å². The Kier molecular flexibility index (Phi) is 1.35. The van der Waals surface area contributed by atoms with Crippen LogP contribution in [0.1, 0.15) is 6.92 Å². The standard InChI is InChI=1S/C6H9NO/c1-5-2-3-6(7)8-4-5/h2-4,6H,7H2,1H3. The third-order valence-electron chi connectivity index (χ3n) is 0.960. The van der Waals surface area contributed by atoms with Gasteiger partial charge in [0.1, 0.15) is 0 Å². The van der Waals surface area contributed by atoms with Gasteiger partial charge in [-0.25, -0.2) is 0 Å². The Balaban J connectivity index is 2.58. The molecule has 0 aromatic carbocycles. The van der Waals surface area contributed by atoms with Crippen molar-refractivity contribution in [2.24, 2.45) is 5.73 Å². The van der Waals surface area contributed by atoms with Crippen LogP contribution in [0.25, 0.3) is 0 Å². The molecule has 1 rings (SSSR count). The van der Waals surface area contributed by atoms with Crippen LogP contribution < -0.4 is 5.73 Å². The molecule has 1 atom stereocenters. The summed E-state index contributed by atoms with van der Waals surface area (Å²) in [5.41, 5.74) is 6.45. The zero-order valence-corrected chi connectivity index (χ0v) is 4.79. The largest absolute Gasteiger partial charge is 0.479 e. The molecule has 1 aliphatic heterocycles. The lowest BCUT2D eigenvalue weighted by Crippen LogP contribution is -2.19. The zero-order valence-electron chi connectivity index (χ0n) is 4.79. The molecule has 0 spiro atoms. The molecule has 0 amide bonds. The van der Waals surface area contributed by atoms with Gasteiger partial charge in [-0.2, -0.15) is 0 Å². The van der Waals surface area contributed by atoms with E-state index in [1.807, 2.05) is 19.1 Å². The maximum Gasteiger partial charge on any atom is 0.166 e. The van der Waals surface area contributed by atoms with Crippen molar-refractivity contribution >= 4 is 0 Å². The van der Waals surface area contributed by atoms with Gasteiger partial charge in [0.2, 0.25) is 0 Å². The Morgan fingerprint density at radius 1 is 1.75 bits per heavy atom. The number of ether oxygens (including phenoxy) is 1. The summed E-state index contributed by atoms with van der Waals surface area (Å²) in [6.45, 7) is 1.96. The van der Waals surface area contributed by atoms with E-state index < -0.39 is 0 Å². The Labute approximate surface area is 48.6 Å². The summed E-state index contributed by atoms with van der Waals surface area (Å²) in [6.07, 6.45) is 5.17. The predicted octanol–water partition coefficient (Wildman–Crippen LogP) is 0.761. The fourth-order valence-corrected chi connectivity index (χ4v) is 0.517. The maximum absolute atomic E-state index is 5.34. The summed E-state index contributed by atoms with van der Waals surface area (Å²) in [5, 5.41) is 0. The first-order valence-electron chi connectivity index (χ1n) is 2.55. The molecule has 0 saturated heterocycles. The van der Waals surface area contributed by atoms with Crippen LogP contribution in [0.15, 0.2) is 24.0 Å². The van der Waals surface area contributed by atoms with Gasteiger partial charge in [-0.3, -0.25) is 5.73 Å². The molecule has 2 nitrogen and oxygen atoms in total. The molecule has 0 aromatic heterocycles. The van der Waals surface area contributed by atoms with Crippen LogP contribution in [0.3, 0.4) is 0 Å². The first-order chi connectivity index (χ1) is 3.79. The molecule has 2 heteroatoms. The highest BCUT2D eigenvalue weighted by atomic mass is 16.5. The third kappa shape index (κ3) is 1.10. The monoisotopic (exact) mass is 111 g/mol. The number of hydrogen-bond donors (Lipinski definition) is 1. The van der Waals surface area contributed by atoms with Crippen molar-refractivity contribution in [2.75, 3.05) is 0 Å². The lowest BCUT2D eigenvalue weighted by atomic mass is 10.3. The maximum atomic E-state index is 5.34. The topological polar surface area (TPSA) is 35.2 Å². The van der Waals surface area contributed by atoms with Crippen molar-refractivity contribution in [1.82, 2.24) is 0 Å². The average Bonchev–Trinajstić information content (AvgIpc) is 1.77. The zero-order chi connectivity index (χ0) is 5.98. The first-order valence-corrected chi connectivity index (χ1v) is 2.55. The predicted molar refractivity (Wildman–Crippen MR) is 32.0 cm³/mol. The highest BCUT2D eigenvalue weighted by Crippen LogP contribution is 2.03. The van der Waals surface area contributed by atoms with Crippen molar-refractivity contribution < 1.29 is 4.74 Å². The lowest BCUT2D eigenvalue weighted by Gasteiger charge is -2.10. The van der Waals surface area contributed by atoms with Gasteiger partial charge in [0, 0.05) is 0 Å². The van der Waals surface area contributed by atoms with Gasteiger partial charge in [-0.1, -0.05) is 6.08 Å². The van der Waals surface area contributed by atoms with E-state index in [0.717, 1.165) is 5.57 Å². The van der Waals surface area contributed by atoms with Gasteiger partial charge in [0.15, 0.2) is 6.23 Å². The van der Waals surface area contributed by atoms with Gasteiger partial charge in [-0.15, -0.1) is 0 Å². The van der Waals surface area contributed by atoms with Gasteiger partial charge in [0.05, 0.1) is 6.26 Å². The van der Waals surface area contributed by atoms with E-state index in [2.05, 4.69) is 0 Å². The summed E-state index contributed by atoms with van der Waals surface area (Å²) in [5.74, 6) is 0. The number of hydrogen-bond acceptors (Lipinski definition) is 2. The summed E-state index contributed by atoms with van der Waals surface area (Å²) in [4.78, 5) is 0. The smallest absolute Gasteiger partial charge is 0.166 e. The van der Waals surface area contributed by atoms with Crippen LogP contribution in [0.5, 0.6) is 0 Å². The van der Waals surface area contributed by atoms with Gasteiger partial charge in [-0.05, 0) is 18.6 Å². The second kappa shape index (κ2) is 2.01. The summed E-state index contributed by atoms with van der Waals surface area (Å²) in [7, 11) is 0. The van der Waals surface area contributed by atoms with Crippen LogP contribution in [-0.4, -0.2) is 6.23 Å². The van der Waals surface area contributed by atoms with Gasteiger partial charge >= 0.3 is 0 Å². The number of rotatable bonds is 0. The minimum absolute atomic E-state index is 0.237. The van der Waals surface area contributed by atoms with Crippen molar-refractivity contribution in [3.63, 3.8) is 0 Å². The number of nitrogens with two attached hydrogens (primary N) is 1. The van der Waals surface area contributed by atoms with E-state index in [-0.39, 0.29) is 6.23 Å². The SMILES string of the molecule is CC1=COC(N)C=C1. The highest BCUT2D eigenvalue weighted by Gasteiger charge is 1.97. The molecule has 1 heterocycles. The lowest BCUT2D eigenvalue weighted by molar-refractivity contribution is 0.187. The van der Waals surface area contributed by atoms with E-state index in [4.69, 9.17) is 10.5 Å². The second-order valence-corrected chi connectivity index (χ2v) is 1.82. The van der Waals surface area contributed by atoms with Crippen LogP contribution in [0.4, 0.5) is 0 Å². The molecule has 1 aliphatic rings. The van der Waals surface area contributed by atoms with Crippen LogP contribution in [-0.2, 0) is 4.74 Å². The fraction of sp³-hybridized carbons (Fsp3) is 0.333. The molecule has 1 unspecified atom stereocenters. The average molecular weight is 111 g/mol. The number of allylic oxidation sites excluding steroid dienone is 2. The van der Waals surface area contributed by atoms with E-state index in [1.165, 1.54) is 0 Å². The van der Waals surface area contributed by atoms with E-state index in [1.54, 1.807) is 6.26 Å². The van der Waals surface area contributed by atoms with Crippen LogP contribution >= 0.6 is 0 Å². The second-order valence-electron chi connectivity index (χ2n) is 1.82. The van der Waals surface area contributed by atoms with Gasteiger partial charge < -0.3 is 4.74 Å². The quantitative estimate of drug-likeness (QED) is 0.501. The Bertz CT molecular complexity index is 137. The van der Waals surface area contributed by atoms with E-state index in [9.17, 15) is 0 Å². The summed E-state index contributed by atoms with van der Waals surface area (Å²) < 4.78 is 4.92. The molecule has 0 aromatic rings. The first kappa shape index (κ1) is 5.38. The van der Waals surface area contributed by atoms with Crippen molar-refractivity contribution in [2.45, 2.75) is 13.2 Å². The Morgan fingerprint density at radius 2 is 2.50 bits per heavy atom. The Morgan fingerprint density at radius 3 is 2.88 bits per heavy atom. The molecule has 44 valence electrons. The van der Waals surface area contributed by atoms with Gasteiger partial charge in [0.25, 0.3) is 0 Å². The molecule has 0 saturated carbocycles. The molecule has 0 bridgehead atoms. The molecule has 0 aliphatic carbocycles. The molecular weight excluding hydrogens is 102 g/mol. The normalized spacial score (nSPS) is 26.8. The van der Waals surface area contributed by atoms with E-state index >= 15 is 0 Å². The van der Waals surface area contributed by atoms with Crippen LogP contribution in [0, 0.1) is 0 Å². The molecular formula is C6H9NO. The minimum atomic E-state index is -0.237.